The number of rotatable bonds is 0. The highest BCUT2D eigenvalue weighted by atomic mass is 15.4. The standard InChI is InChI=1S/C68H20N2/c1-69(2)5-65-56-42-28-18-14-10-9-12-11-13-17-20-25-31-23(13)29-16(11)15(10)30-24(14)32-26(28)37-43(56)52-53-50-39-35(34(25)48-46(31)60-44(29)45(30)61-47(32)49(37)63(53)68(62(48)50)8-70(3,4)7-67(60,61)68)41-36(20)40-27(17)22(12)33-19(9)21(18)38(42)54-51(33)57(40)66(6-69,64(54)65)58(41)55(39)59(52)65/h5-8H2,1-4H3/q+2. The topological polar surface area (TPSA) is 0 Å². The molecule has 2 aliphatic heterocycles. The summed E-state index contributed by atoms with van der Waals surface area (Å²) >= 11 is 0. The van der Waals surface area contributed by atoms with Gasteiger partial charge in [-0.05, 0) is 303 Å². The Labute approximate surface area is 386 Å². The van der Waals surface area contributed by atoms with Gasteiger partial charge in [0.1, 0.15) is 0 Å². The zero-order valence-electron chi connectivity index (χ0n) is 37.7. The Kier molecular flexibility index (Phi) is 2.14. The van der Waals surface area contributed by atoms with Gasteiger partial charge >= 0.3 is 0 Å². The maximum Gasteiger partial charge on any atom is 0.0962 e. The van der Waals surface area contributed by atoms with Crippen molar-refractivity contribution in [3.63, 3.8) is 0 Å². The van der Waals surface area contributed by atoms with E-state index in [-0.39, 0.29) is 21.7 Å². The largest absolute Gasteiger partial charge is 0.326 e. The van der Waals surface area contributed by atoms with Crippen molar-refractivity contribution >= 4 is 253 Å². The van der Waals surface area contributed by atoms with Gasteiger partial charge in [-0.2, -0.15) is 0 Å². The molecule has 0 amide bonds. The molecule has 300 valence electrons. The smallest absolute Gasteiger partial charge is 0.0962 e. The van der Waals surface area contributed by atoms with Crippen LogP contribution in [0.3, 0.4) is 0 Å². The molecule has 23 aromatic carbocycles. The molecule has 0 aromatic heterocycles. The van der Waals surface area contributed by atoms with Crippen molar-refractivity contribution in [2.24, 2.45) is 0 Å². The van der Waals surface area contributed by atoms with Gasteiger partial charge in [-0.3, -0.25) is 0 Å². The molecular weight excluding hydrogens is 845 g/mol. The summed E-state index contributed by atoms with van der Waals surface area (Å²) in [6.45, 7) is 4.76. The lowest BCUT2D eigenvalue weighted by Gasteiger charge is -2.58. The third kappa shape index (κ3) is 1.34. The van der Waals surface area contributed by atoms with E-state index in [1.165, 1.54) is 26.2 Å². The van der Waals surface area contributed by atoms with Crippen LogP contribution in [-0.2, 0) is 21.7 Å². The average Bonchev–Trinajstić information content (AvgIpc) is 4.34. The highest BCUT2D eigenvalue weighted by molar-refractivity contribution is 6.77. The first-order valence-electron chi connectivity index (χ1n) is 27.0. The zero-order valence-corrected chi connectivity index (χ0v) is 37.7. The lowest BCUT2D eigenvalue weighted by atomic mass is 9.49. The first kappa shape index (κ1) is 26.6. The van der Waals surface area contributed by atoms with E-state index in [1.54, 1.807) is 253 Å². The van der Waals surface area contributed by atoms with Gasteiger partial charge in [-0.15, -0.1) is 0 Å². The lowest BCUT2D eigenvalue weighted by molar-refractivity contribution is -0.899. The number of quaternary nitrogens is 2. The van der Waals surface area contributed by atoms with Crippen molar-refractivity contribution in [2.45, 2.75) is 21.7 Å². The predicted molar refractivity (Wildman–Crippen MR) is 289 cm³/mol. The van der Waals surface area contributed by atoms with Crippen LogP contribution in [0, 0.1) is 0 Å². The Balaban J connectivity index is 1.21. The highest BCUT2D eigenvalue weighted by Gasteiger charge is 2.78. The Morgan fingerprint density at radius 3 is 0.786 bits per heavy atom. The number of likely N-dealkylation sites (N-methyl/N-ethyl adjacent to an activating group) is 2. The summed E-state index contributed by atoms with van der Waals surface area (Å²) in [6.07, 6.45) is 0. The van der Waals surface area contributed by atoms with Crippen molar-refractivity contribution < 1.29 is 8.97 Å². The van der Waals surface area contributed by atoms with Gasteiger partial charge in [0.25, 0.3) is 0 Å². The van der Waals surface area contributed by atoms with Crippen LogP contribution < -0.4 is 5.22 Å². The van der Waals surface area contributed by atoms with E-state index in [2.05, 4.69) is 28.2 Å². The summed E-state index contributed by atoms with van der Waals surface area (Å²) in [5.41, 5.74) is 16.1. The van der Waals surface area contributed by atoms with Crippen LogP contribution in [0.4, 0.5) is 0 Å². The second kappa shape index (κ2) is 5.63. The number of piperidine rings is 1. The van der Waals surface area contributed by atoms with Crippen LogP contribution >= 0.6 is 0 Å². The van der Waals surface area contributed by atoms with Crippen LogP contribution in [0.25, 0.3) is 253 Å². The molecule has 4 unspecified atom stereocenters. The summed E-state index contributed by atoms with van der Waals surface area (Å²) in [5, 5.41) is 81.6. The number of nitrogens with zero attached hydrogens (tertiary/aromatic N) is 2. The second-order valence-electron chi connectivity index (χ2n) is 29.1. The van der Waals surface area contributed by atoms with Gasteiger partial charge in [0, 0.05) is 0 Å². The zero-order chi connectivity index (χ0) is 42.2. The summed E-state index contributed by atoms with van der Waals surface area (Å²) in [6, 6.07) is 0. The van der Waals surface area contributed by atoms with Crippen LogP contribution in [0.1, 0.15) is 44.5 Å². The Hall–Kier alpha value is -7.36. The highest BCUT2D eigenvalue weighted by Crippen LogP contribution is 2.87. The third-order valence-corrected chi connectivity index (χ3v) is 27.4. The van der Waals surface area contributed by atoms with E-state index in [4.69, 9.17) is 0 Å². The summed E-state index contributed by atoms with van der Waals surface area (Å²) in [4.78, 5) is 0. The second-order valence-corrected chi connectivity index (χ2v) is 29.1. The van der Waals surface area contributed by atoms with E-state index in [0.717, 1.165) is 8.97 Å². The number of hydrogen-bond acceptors (Lipinski definition) is 0. The number of likely N-dealkylation sites (tertiary alicyclic amines) is 2. The van der Waals surface area contributed by atoms with Crippen molar-refractivity contribution in [2.75, 3.05) is 54.4 Å². The minimum atomic E-state index is -0.152. The van der Waals surface area contributed by atoms with Crippen LogP contribution in [0.5, 0.6) is 0 Å². The van der Waals surface area contributed by atoms with E-state index in [0.29, 0.717) is 0 Å². The minimum Gasteiger partial charge on any atom is -0.326 e. The van der Waals surface area contributed by atoms with Gasteiger partial charge in [0.05, 0.1) is 76.0 Å². The van der Waals surface area contributed by atoms with Crippen molar-refractivity contribution in [3.05, 3.63) is 49.7 Å². The van der Waals surface area contributed by atoms with E-state index < -0.39 is 0 Å². The van der Waals surface area contributed by atoms with E-state index >= 15 is 0 Å². The number of hydrogen-bond donors (Lipinski definition) is 0. The third-order valence-electron chi connectivity index (χ3n) is 27.4. The number of benzene rings is 15. The fraction of sp³-hybridized carbons (Fsp3) is 0.176. The molecular formula is C68H20N2+2. The first-order valence-corrected chi connectivity index (χ1v) is 27.0. The summed E-state index contributed by atoms with van der Waals surface area (Å²) in [5.74, 6) is 0. The molecule has 2 nitrogen and oxygen atoms in total. The van der Waals surface area contributed by atoms with Crippen molar-refractivity contribution in [1.82, 2.24) is 0 Å². The fourth-order valence-corrected chi connectivity index (χ4v) is 28.4. The van der Waals surface area contributed by atoms with Gasteiger partial charge in [0.2, 0.25) is 0 Å². The van der Waals surface area contributed by atoms with Gasteiger partial charge in [-0.1, -0.05) is 0 Å². The molecule has 34 rings (SSSR count). The van der Waals surface area contributed by atoms with Crippen LogP contribution in [0.15, 0.2) is 0 Å². The Morgan fingerprint density at radius 1 is 0.200 bits per heavy atom. The quantitative estimate of drug-likeness (QED) is 0.105. The first-order chi connectivity index (χ1) is 34.3. The normalized spacial score (nSPS) is 29.9. The molecule has 0 N–H and O–H groups in total. The molecule has 4 spiro atoms. The predicted octanol–water partition coefficient (Wildman–Crippen LogP) is 13.9. The molecule has 11 aliphatic rings. The summed E-state index contributed by atoms with van der Waals surface area (Å²) < 4.78 is 2.15. The Morgan fingerprint density at radius 2 is 0.400 bits per heavy atom. The van der Waals surface area contributed by atoms with Crippen molar-refractivity contribution in [3.8, 4) is 0 Å². The van der Waals surface area contributed by atoms with Crippen molar-refractivity contribution in [1.29, 1.82) is 0 Å². The SMILES string of the molecule is C[N+]1(C)CC23C4=c5c6c7c8c9c%10c(c%11c2c2c%12c%13c%14c%15c%16c%17c%18c%19c%20c%21c(c%12c%11c%10c%21c%10c%20c%11c%18c%12c%18c%17c%17c%15c%15c%14c2c3c2c5c3c5c6c6c8c(c9%10)c%11c%12c6c5c%18c%17c3c2%15)C%132C[N+](C)(C)CC%19%162)C47C1. The molecule has 0 radical (unpaired) electrons. The Bertz CT molecular complexity index is 7280. The maximum absolute atomic E-state index is 2.70. The molecule has 2 heterocycles. The monoisotopic (exact) mass is 864 g/mol. The van der Waals surface area contributed by atoms with Crippen LogP contribution in [-0.4, -0.2) is 63.3 Å². The minimum absolute atomic E-state index is 0.105. The molecule has 4 atom stereocenters. The molecule has 2 fully saturated rings. The van der Waals surface area contributed by atoms with Gasteiger partial charge in [-0.25, -0.2) is 0 Å². The molecule has 9 aliphatic carbocycles. The molecule has 23 aromatic rings. The van der Waals surface area contributed by atoms with E-state index in [1.807, 2.05) is 50.1 Å². The molecule has 2 heteroatoms. The fourth-order valence-electron chi connectivity index (χ4n) is 28.4. The molecule has 2 bridgehead atoms. The molecule has 0 saturated carbocycles. The van der Waals surface area contributed by atoms with Gasteiger partial charge < -0.3 is 8.97 Å². The van der Waals surface area contributed by atoms with Gasteiger partial charge in [0.15, 0.2) is 0 Å². The maximum atomic E-state index is 2.70. The lowest BCUT2D eigenvalue weighted by Crippen LogP contribution is -2.66. The molecule has 2 saturated heterocycles. The molecule has 70 heavy (non-hydrogen) atoms. The van der Waals surface area contributed by atoms with Crippen LogP contribution in [0.2, 0.25) is 0 Å². The summed E-state index contributed by atoms with van der Waals surface area (Å²) in [7, 11) is 10.8. The van der Waals surface area contributed by atoms with E-state index in [9.17, 15) is 0 Å². The average molecular weight is 865 g/mol.